The molecule has 0 aromatic carbocycles. The van der Waals surface area contributed by atoms with Crippen LogP contribution in [0, 0.1) is 0 Å². The Morgan fingerprint density at radius 2 is 0.759 bits per heavy atom. The van der Waals surface area contributed by atoms with Crippen LogP contribution >= 0.6 is 0 Å². The van der Waals surface area contributed by atoms with Gasteiger partial charge in [-0.2, -0.15) is 0 Å². The van der Waals surface area contributed by atoms with Crippen LogP contribution in [0.15, 0.2) is 0 Å². The van der Waals surface area contributed by atoms with Gasteiger partial charge in [0.2, 0.25) is 0 Å². The summed E-state index contributed by atoms with van der Waals surface area (Å²) in [7, 11) is 0. The van der Waals surface area contributed by atoms with Crippen molar-refractivity contribution >= 4 is 0 Å². The molecule has 5 fully saturated rings. The molecule has 0 spiro atoms. The largest absolute Gasteiger partial charge is 0.283 e. The molecular formula is C26H47N3. The Morgan fingerprint density at radius 1 is 0.379 bits per heavy atom. The van der Waals surface area contributed by atoms with E-state index in [1.54, 1.807) is 0 Å². The third kappa shape index (κ3) is 4.30. The van der Waals surface area contributed by atoms with Gasteiger partial charge in [-0.1, -0.05) is 83.5 Å². The summed E-state index contributed by atoms with van der Waals surface area (Å²) in [6.07, 6.45) is 29.5. The summed E-state index contributed by atoms with van der Waals surface area (Å²) < 4.78 is 0. The maximum atomic E-state index is 3.16. The monoisotopic (exact) mass is 401 g/mol. The fourth-order valence-electron chi connectivity index (χ4n) is 7.90. The number of rotatable bonds is 0. The third-order valence-corrected chi connectivity index (χ3v) is 9.20. The Labute approximate surface area is 180 Å². The molecule has 5 aliphatic rings. The lowest BCUT2D eigenvalue weighted by Gasteiger charge is -2.39. The van der Waals surface area contributed by atoms with Gasteiger partial charge in [-0.3, -0.25) is 14.7 Å². The van der Waals surface area contributed by atoms with Gasteiger partial charge in [-0.15, -0.1) is 0 Å². The highest BCUT2D eigenvalue weighted by atomic mass is 15.6. The number of fused-ring (bicyclic) bond motifs is 6. The van der Waals surface area contributed by atoms with Crippen molar-refractivity contribution in [2.45, 2.75) is 152 Å². The molecule has 4 unspecified atom stereocenters. The Kier molecular flexibility index (Phi) is 7.16. The molecule has 0 radical (unpaired) electrons. The van der Waals surface area contributed by atoms with E-state index in [0.29, 0.717) is 0 Å². The lowest BCUT2D eigenvalue weighted by atomic mass is 9.90. The molecule has 5 rings (SSSR count). The first kappa shape index (κ1) is 20.8. The molecule has 4 aliphatic heterocycles. The van der Waals surface area contributed by atoms with Crippen molar-refractivity contribution in [3.05, 3.63) is 0 Å². The van der Waals surface area contributed by atoms with Crippen molar-refractivity contribution < 1.29 is 0 Å². The van der Waals surface area contributed by atoms with E-state index in [1.165, 1.54) is 135 Å². The molecule has 1 aliphatic carbocycles. The van der Waals surface area contributed by atoms with E-state index >= 15 is 0 Å². The second-order valence-corrected chi connectivity index (χ2v) is 11.0. The van der Waals surface area contributed by atoms with Gasteiger partial charge in [0, 0.05) is 18.1 Å². The zero-order valence-electron chi connectivity index (χ0n) is 19.1. The van der Waals surface area contributed by atoms with Gasteiger partial charge in [0.15, 0.2) is 0 Å². The maximum absolute atomic E-state index is 3.16. The Morgan fingerprint density at radius 3 is 1.24 bits per heavy atom. The van der Waals surface area contributed by atoms with Gasteiger partial charge in [-0.25, -0.2) is 0 Å². The van der Waals surface area contributed by atoms with Crippen LogP contribution < -0.4 is 0 Å². The summed E-state index contributed by atoms with van der Waals surface area (Å²) in [5, 5.41) is 0. The summed E-state index contributed by atoms with van der Waals surface area (Å²) in [6.45, 7) is 2.78. The van der Waals surface area contributed by atoms with Gasteiger partial charge in [-0.05, 0) is 51.6 Å². The Balaban J connectivity index is 1.48. The van der Waals surface area contributed by atoms with Crippen molar-refractivity contribution in [2.24, 2.45) is 0 Å². The average molecular weight is 402 g/mol. The van der Waals surface area contributed by atoms with Crippen LogP contribution in [0.2, 0.25) is 0 Å². The third-order valence-electron chi connectivity index (χ3n) is 9.20. The molecule has 4 saturated heterocycles. The van der Waals surface area contributed by atoms with Crippen molar-refractivity contribution in [3.63, 3.8) is 0 Å². The lowest BCUT2D eigenvalue weighted by Crippen LogP contribution is -2.50. The molecule has 3 heteroatoms. The molecule has 3 nitrogen and oxygen atoms in total. The average Bonchev–Trinajstić information content (AvgIpc) is 3.25. The Bertz CT molecular complexity index is 466. The molecule has 166 valence electrons. The van der Waals surface area contributed by atoms with Crippen LogP contribution in [0.4, 0.5) is 0 Å². The fraction of sp³-hybridized carbons (Fsp3) is 1.00. The second-order valence-electron chi connectivity index (χ2n) is 11.0. The highest BCUT2D eigenvalue weighted by Gasteiger charge is 2.58. The highest BCUT2D eigenvalue weighted by Crippen LogP contribution is 2.46. The highest BCUT2D eigenvalue weighted by molar-refractivity contribution is 5.11. The molecule has 0 aromatic rings. The van der Waals surface area contributed by atoms with E-state index in [9.17, 15) is 0 Å². The predicted octanol–water partition coefficient (Wildman–Crippen LogP) is 6.13. The lowest BCUT2D eigenvalue weighted by molar-refractivity contribution is 0.0263. The molecule has 4 heterocycles. The van der Waals surface area contributed by atoms with Gasteiger partial charge < -0.3 is 0 Å². The second kappa shape index (κ2) is 10.0. The predicted molar refractivity (Wildman–Crippen MR) is 122 cm³/mol. The first-order valence-electron chi connectivity index (χ1n) is 13.7. The molecular weight excluding hydrogens is 354 g/mol. The van der Waals surface area contributed by atoms with Crippen LogP contribution in [-0.4, -0.2) is 58.2 Å². The van der Waals surface area contributed by atoms with E-state index < -0.39 is 0 Å². The van der Waals surface area contributed by atoms with E-state index in [2.05, 4.69) is 14.7 Å². The van der Waals surface area contributed by atoms with E-state index in [4.69, 9.17) is 0 Å². The standard InChI is InChI=1S/C26H47N3/c1-4-10-16-22-26-23(17-11-5-1)28-21-15-9-3-7-13-19-25(28)29(26)24-18-12-6-2-8-14-20-27(22)24/h22-26H,1-21H2. The van der Waals surface area contributed by atoms with Crippen molar-refractivity contribution in [1.82, 2.24) is 14.7 Å². The Hall–Kier alpha value is -0.120. The summed E-state index contributed by atoms with van der Waals surface area (Å²) in [5.41, 5.74) is 0. The maximum Gasteiger partial charge on any atom is 0.0642 e. The van der Waals surface area contributed by atoms with E-state index in [-0.39, 0.29) is 0 Å². The van der Waals surface area contributed by atoms with Crippen LogP contribution in [0.1, 0.15) is 122 Å². The smallest absolute Gasteiger partial charge is 0.0642 e. The molecule has 0 amide bonds. The molecule has 0 N–H and O–H groups in total. The summed E-state index contributed by atoms with van der Waals surface area (Å²) in [6, 6.07) is 2.57. The van der Waals surface area contributed by atoms with E-state index in [0.717, 1.165) is 30.5 Å². The minimum atomic E-state index is 0.766. The number of nitrogens with zero attached hydrogens (tertiary/aromatic N) is 3. The van der Waals surface area contributed by atoms with E-state index in [1.807, 2.05) is 0 Å². The van der Waals surface area contributed by atoms with Crippen LogP contribution in [0.5, 0.6) is 0 Å². The molecule has 0 aromatic heterocycles. The van der Waals surface area contributed by atoms with Crippen molar-refractivity contribution in [1.29, 1.82) is 0 Å². The first-order valence-corrected chi connectivity index (χ1v) is 13.7. The van der Waals surface area contributed by atoms with Crippen LogP contribution in [-0.2, 0) is 0 Å². The number of hydrogen-bond donors (Lipinski definition) is 0. The molecule has 29 heavy (non-hydrogen) atoms. The van der Waals surface area contributed by atoms with Gasteiger partial charge in [0.1, 0.15) is 0 Å². The topological polar surface area (TPSA) is 9.72 Å². The molecule has 0 bridgehead atoms. The van der Waals surface area contributed by atoms with Crippen molar-refractivity contribution in [2.75, 3.05) is 13.1 Å². The minimum Gasteiger partial charge on any atom is -0.283 e. The quantitative estimate of drug-likeness (QED) is 0.483. The number of hydrogen-bond acceptors (Lipinski definition) is 3. The minimum absolute atomic E-state index is 0.766. The van der Waals surface area contributed by atoms with Gasteiger partial charge in [0.25, 0.3) is 0 Å². The SMILES string of the molecule is C1CCCC2C3C(CCC1)N1CCCCCCCC1N3C1CCCCCCCN21. The normalized spacial score (nSPS) is 41.6. The molecule has 1 saturated carbocycles. The summed E-state index contributed by atoms with van der Waals surface area (Å²) in [5.74, 6) is 0. The summed E-state index contributed by atoms with van der Waals surface area (Å²) in [4.78, 5) is 9.32. The zero-order valence-corrected chi connectivity index (χ0v) is 19.1. The van der Waals surface area contributed by atoms with Gasteiger partial charge in [0.05, 0.1) is 12.3 Å². The summed E-state index contributed by atoms with van der Waals surface area (Å²) >= 11 is 0. The van der Waals surface area contributed by atoms with Crippen LogP contribution in [0.3, 0.4) is 0 Å². The van der Waals surface area contributed by atoms with Crippen LogP contribution in [0.25, 0.3) is 0 Å². The first-order chi connectivity index (χ1) is 14.4. The zero-order chi connectivity index (χ0) is 19.5. The fourth-order valence-corrected chi connectivity index (χ4v) is 7.90. The van der Waals surface area contributed by atoms with Gasteiger partial charge >= 0.3 is 0 Å². The van der Waals surface area contributed by atoms with Crippen molar-refractivity contribution in [3.8, 4) is 0 Å². The molecule has 4 atom stereocenters.